The molecule has 1 unspecified atom stereocenters. The Bertz CT molecular complexity index is 546. The van der Waals surface area contributed by atoms with Crippen LogP contribution in [0.25, 0.3) is 0 Å². The SMILES string of the molecule is CCCn1ccnc1Cc1cc(F)ccc1C(C)N. The Morgan fingerprint density at radius 2 is 2.21 bits per heavy atom. The van der Waals surface area contributed by atoms with Crippen molar-refractivity contribution in [2.24, 2.45) is 5.73 Å². The van der Waals surface area contributed by atoms with Gasteiger partial charge in [0.25, 0.3) is 0 Å². The minimum Gasteiger partial charge on any atom is -0.335 e. The molecule has 102 valence electrons. The molecular formula is C15H20FN3. The fourth-order valence-electron chi connectivity index (χ4n) is 2.29. The first kappa shape index (κ1) is 13.7. The number of rotatable bonds is 5. The molecule has 2 aromatic rings. The summed E-state index contributed by atoms with van der Waals surface area (Å²) >= 11 is 0. The van der Waals surface area contributed by atoms with Crippen molar-refractivity contribution < 1.29 is 4.39 Å². The second kappa shape index (κ2) is 5.97. The molecule has 1 aromatic heterocycles. The first-order valence-electron chi connectivity index (χ1n) is 6.65. The van der Waals surface area contributed by atoms with E-state index in [1.807, 2.05) is 13.1 Å². The third kappa shape index (κ3) is 3.20. The maximum atomic E-state index is 13.4. The van der Waals surface area contributed by atoms with Crippen molar-refractivity contribution in [3.8, 4) is 0 Å². The summed E-state index contributed by atoms with van der Waals surface area (Å²) in [4.78, 5) is 4.36. The van der Waals surface area contributed by atoms with E-state index in [2.05, 4.69) is 16.5 Å². The van der Waals surface area contributed by atoms with Gasteiger partial charge in [-0.1, -0.05) is 13.0 Å². The molecule has 4 heteroatoms. The lowest BCUT2D eigenvalue weighted by atomic mass is 9.99. The van der Waals surface area contributed by atoms with Gasteiger partial charge in [0.15, 0.2) is 0 Å². The zero-order valence-electron chi connectivity index (χ0n) is 11.4. The lowest BCUT2D eigenvalue weighted by molar-refractivity contribution is 0.619. The summed E-state index contributed by atoms with van der Waals surface area (Å²) in [5.74, 6) is 0.724. The molecule has 0 aliphatic carbocycles. The van der Waals surface area contributed by atoms with Gasteiger partial charge in [-0.3, -0.25) is 0 Å². The molecule has 0 fully saturated rings. The average Bonchev–Trinajstić information content (AvgIpc) is 2.77. The Morgan fingerprint density at radius 1 is 1.42 bits per heavy atom. The number of imidazole rings is 1. The summed E-state index contributed by atoms with van der Waals surface area (Å²) < 4.78 is 15.5. The lowest BCUT2D eigenvalue weighted by Crippen LogP contribution is -2.11. The number of nitrogens with two attached hydrogens (primary N) is 1. The second-order valence-electron chi connectivity index (χ2n) is 4.85. The number of benzene rings is 1. The molecule has 3 nitrogen and oxygen atoms in total. The maximum absolute atomic E-state index is 13.4. The van der Waals surface area contributed by atoms with Crippen LogP contribution >= 0.6 is 0 Å². The smallest absolute Gasteiger partial charge is 0.123 e. The predicted molar refractivity (Wildman–Crippen MR) is 74.3 cm³/mol. The quantitative estimate of drug-likeness (QED) is 0.899. The second-order valence-corrected chi connectivity index (χ2v) is 4.85. The van der Waals surface area contributed by atoms with Crippen molar-refractivity contribution in [2.45, 2.75) is 39.3 Å². The molecule has 1 atom stereocenters. The van der Waals surface area contributed by atoms with Crippen molar-refractivity contribution in [3.05, 3.63) is 53.4 Å². The highest BCUT2D eigenvalue weighted by molar-refractivity contribution is 5.32. The van der Waals surface area contributed by atoms with E-state index in [-0.39, 0.29) is 11.9 Å². The van der Waals surface area contributed by atoms with Crippen LogP contribution in [0.1, 0.15) is 43.3 Å². The fourth-order valence-corrected chi connectivity index (χ4v) is 2.29. The molecule has 0 saturated heterocycles. The van der Waals surface area contributed by atoms with Gasteiger partial charge in [0.05, 0.1) is 0 Å². The van der Waals surface area contributed by atoms with E-state index in [1.165, 1.54) is 6.07 Å². The standard InChI is InChI=1S/C15H20FN3/c1-3-7-19-8-6-18-15(19)10-12-9-13(16)4-5-14(12)11(2)17/h4-6,8-9,11H,3,7,10,17H2,1-2H3. The molecular weight excluding hydrogens is 241 g/mol. The highest BCUT2D eigenvalue weighted by atomic mass is 19.1. The van der Waals surface area contributed by atoms with Crippen LogP contribution in [-0.4, -0.2) is 9.55 Å². The average molecular weight is 261 g/mol. The van der Waals surface area contributed by atoms with Crippen molar-refractivity contribution in [3.63, 3.8) is 0 Å². The van der Waals surface area contributed by atoms with Gasteiger partial charge in [0, 0.05) is 31.4 Å². The van der Waals surface area contributed by atoms with Crippen LogP contribution in [0.2, 0.25) is 0 Å². The Labute approximate surface area is 113 Å². The molecule has 0 aliphatic rings. The molecule has 0 bridgehead atoms. The van der Waals surface area contributed by atoms with Crippen LogP contribution < -0.4 is 5.73 Å². The summed E-state index contributed by atoms with van der Waals surface area (Å²) in [5.41, 5.74) is 7.84. The van der Waals surface area contributed by atoms with Crippen molar-refractivity contribution in [2.75, 3.05) is 0 Å². The molecule has 0 aliphatic heterocycles. The zero-order chi connectivity index (χ0) is 13.8. The van der Waals surface area contributed by atoms with Crippen molar-refractivity contribution in [1.29, 1.82) is 0 Å². The van der Waals surface area contributed by atoms with Crippen molar-refractivity contribution >= 4 is 0 Å². The molecule has 0 saturated carbocycles. The van der Waals surface area contributed by atoms with Crippen LogP contribution in [0.4, 0.5) is 4.39 Å². The number of hydrogen-bond acceptors (Lipinski definition) is 2. The van der Waals surface area contributed by atoms with Gasteiger partial charge in [-0.2, -0.15) is 0 Å². The van der Waals surface area contributed by atoms with E-state index in [4.69, 9.17) is 5.73 Å². The van der Waals surface area contributed by atoms with Crippen LogP contribution in [0, 0.1) is 5.82 Å². The molecule has 19 heavy (non-hydrogen) atoms. The summed E-state index contributed by atoms with van der Waals surface area (Å²) in [6.45, 7) is 4.97. The van der Waals surface area contributed by atoms with Crippen LogP contribution in [-0.2, 0) is 13.0 Å². The fraction of sp³-hybridized carbons (Fsp3) is 0.400. The Kier molecular flexibility index (Phi) is 4.32. The third-order valence-electron chi connectivity index (χ3n) is 3.21. The number of aromatic nitrogens is 2. The van der Waals surface area contributed by atoms with Gasteiger partial charge < -0.3 is 10.3 Å². The molecule has 1 aromatic carbocycles. The number of nitrogens with zero attached hydrogens (tertiary/aromatic N) is 2. The summed E-state index contributed by atoms with van der Waals surface area (Å²) in [6, 6.07) is 4.68. The Balaban J connectivity index is 2.31. The Morgan fingerprint density at radius 3 is 2.89 bits per heavy atom. The first-order valence-corrected chi connectivity index (χ1v) is 6.65. The van der Waals surface area contributed by atoms with Gasteiger partial charge in [0.2, 0.25) is 0 Å². The van der Waals surface area contributed by atoms with Crippen LogP contribution in [0.3, 0.4) is 0 Å². The van der Waals surface area contributed by atoms with Gasteiger partial charge in [-0.05, 0) is 36.6 Å². The van der Waals surface area contributed by atoms with E-state index in [9.17, 15) is 4.39 Å². The summed E-state index contributed by atoms with van der Waals surface area (Å²) in [6.07, 6.45) is 5.41. The van der Waals surface area contributed by atoms with Gasteiger partial charge in [-0.25, -0.2) is 9.37 Å². The lowest BCUT2D eigenvalue weighted by Gasteiger charge is -2.13. The number of halogens is 1. The maximum Gasteiger partial charge on any atom is 0.123 e. The molecule has 0 amide bonds. The van der Waals surface area contributed by atoms with Crippen molar-refractivity contribution in [1.82, 2.24) is 9.55 Å². The predicted octanol–water partition coefficient (Wildman–Crippen LogP) is 3.04. The van der Waals surface area contributed by atoms with Gasteiger partial charge in [-0.15, -0.1) is 0 Å². The first-order chi connectivity index (χ1) is 9.11. The van der Waals surface area contributed by atoms with Gasteiger partial charge >= 0.3 is 0 Å². The van der Waals surface area contributed by atoms with Gasteiger partial charge in [0.1, 0.15) is 11.6 Å². The Hall–Kier alpha value is -1.68. The molecule has 1 heterocycles. The number of hydrogen-bond donors (Lipinski definition) is 1. The summed E-state index contributed by atoms with van der Waals surface area (Å²) in [7, 11) is 0. The highest BCUT2D eigenvalue weighted by Gasteiger charge is 2.11. The van der Waals surface area contributed by atoms with E-state index >= 15 is 0 Å². The largest absolute Gasteiger partial charge is 0.335 e. The zero-order valence-corrected chi connectivity index (χ0v) is 11.4. The minimum atomic E-state index is -0.229. The molecule has 0 spiro atoms. The van der Waals surface area contributed by atoms with Crippen LogP contribution in [0.5, 0.6) is 0 Å². The van der Waals surface area contributed by atoms with Crippen LogP contribution in [0.15, 0.2) is 30.6 Å². The minimum absolute atomic E-state index is 0.106. The molecule has 2 N–H and O–H groups in total. The third-order valence-corrected chi connectivity index (χ3v) is 3.21. The molecule has 0 radical (unpaired) electrons. The monoisotopic (exact) mass is 261 g/mol. The normalized spacial score (nSPS) is 12.6. The topological polar surface area (TPSA) is 43.8 Å². The van der Waals surface area contributed by atoms with E-state index in [1.54, 1.807) is 18.3 Å². The highest BCUT2D eigenvalue weighted by Crippen LogP contribution is 2.20. The van der Waals surface area contributed by atoms with E-state index < -0.39 is 0 Å². The van der Waals surface area contributed by atoms with E-state index in [0.29, 0.717) is 6.42 Å². The number of aryl methyl sites for hydroxylation is 1. The molecule has 2 rings (SSSR count). The summed E-state index contributed by atoms with van der Waals surface area (Å²) in [5, 5.41) is 0. The van der Waals surface area contributed by atoms with E-state index in [0.717, 1.165) is 29.9 Å².